The fourth-order valence-corrected chi connectivity index (χ4v) is 1.87. The molecule has 0 unspecified atom stereocenters. The molecule has 0 radical (unpaired) electrons. The Morgan fingerprint density at radius 1 is 1.43 bits per heavy atom. The summed E-state index contributed by atoms with van der Waals surface area (Å²) in [4.78, 5) is 0. The minimum Gasteiger partial charge on any atom is -0.398 e. The molecule has 0 aromatic heterocycles. The van der Waals surface area contributed by atoms with E-state index in [4.69, 9.17) is 11.5 Å². The number of benzene rings is 1. The van der Waals surface area contributed by atoms with E-state index in [1.165, 1.54) is 12.8 Å². The maximum Gasteiger partial charge on any atom is 0.0392 e. The van der Waals surface area contributed by atoms with Gasteiger partial charge in [0.1, 0.15) is 0 Å². The van der Waals surface area contributed by atoms with Gasteiger partial charge in [-0.2, -0.15) is 0 Å². The molecule has 0 heterocycles. The molecule has 1 aromatic rings. The molecule has 1 aliphatic carbocycles. The maximum atomic E-state index is 6.13. The molecular weight excluding hydrogens is 172 g/mol. The van der Waals surface area contributed by atoms with Crippen LogP contribution in [0.1, 0.15) is 36.4 Å². The highest BCUT2D eigenvalue weighted by Crippen LogP contribution is 2.38. The molecular formula is C12H18N2. The monoisotopic (exact) mass is 190 g/mol. The van der Waals surface area contributed by atoms with Crippen LogP contribution in [0.15, 0.2) is 18.2 Å². The smallest absolute Gasteiger partial charge is 0.0392 e. The number of rotatable bonds is 3. The summed E-state index contributed by atoms with van der Waals surface area (Å²) in [7, 11) is 0. The van der Waals surface area contributed by atoms with Crippen LogP contribution < -0.4 is 11.5 Å². The SMILES string of the molecule is Cc1cccc([C@H](N)CC2CC2)c1N. The second-order valence-electron chi connectivity index (χ2n) is 4.36. The van der Waals surface area contributed by atoms with E-state index in [0.29, 0.717) is 0 Å². The molecule has 14 heavy (non-hydrogen) atoms. The Morgan fingerprint density at radius 3 is 2.79 bits per heavy atom. The van der Waals surface area contributed by atoms with Crippen molar-refractivity contribution in [1.29, 1.82) is 0 Å². The minimum absolute atomic E-state index is 0.127. The fourth-order valence-electron chi connectivity index (χ4n) is 1.87. The van der Waals surface area contributed by atoms with Crippen LogP contribution in [0, 0.1) is 12.8 Å². The summed E-state index contributed by atoms with van der Waals surface area (Å²) in [5, 5.41) is 0. The van der Waals surface area contributed by atoms with Gasteiger partial charge in [0.2, 0.25) is 0 Å². The molecule has 1 fully saturated rings. The highest BCUT2D eigenvalue weighted by atomic mass is 14.7. The number of anilines is 1. The van der Waals surface area contributed by atoms with Gasteiger partial charge in [-0.1, -0.05) is 31.0 Å². The summed E-state index contributed by atoms with van der Waals surface area (Å²) in [5.74, 6) is 0.852. The Labute approximate surface area is 85.3 Å². The molecule has 0 spiro atoms. The molecule has 0 saturated heterocycles. The Hall–Kier alpha value is -1.02. The second-order valence-corrected chi connectivity index (χ2v) is 4.36. The lowest BCUT2D eigenvalue weighted by Gasteiger charge is -2.15. The van der Waals surface area contributed by atoms with Crippen molar-refractivity contribution >= 4 is 5.69 Å². The van der Waals surface area contributed by atoms with Crippen molar-refractivity contribution in [1.82, 2.24) is 0 Å². The first kappa shape index (κ1) is 9.53. The Bertz CT molecular complexity index is 329. The van der Waals surface area contributed by atoms with Gasteiger partial charge in [0.15, 0.2) is 0 Å². The van der Waals surface area contributed by atoms with Crippen LogP contribution >= 0.6 is 0 Å². The molecule has 0 amide bonds. The van der Waals surface area contributed by atoms with Gasteiger partial charge in [-0.15, -0.1) is 0 Å². The highest BCUT2D eigenvalue weighted by Gasteiger charge is 2.25. The standard InChI is InChI=1S/C12H18N2/c1-8-3-2-4-10(12(8)14)11(13)7-9-5-6-9/h2-4,9,11H,5-7,13-14H2,1H3/t11-/m1/s1. The summed E-state index contributed by atoms with van der Waals surface area (Å²) >= 11 is 0. The van der Waals surface area contributed by atoms with Gasteiger partial charge in [-0.25, -0.2) is 0 Å². The lowest BCUT2D eigenvalue weighted by Crippen LogP contribution is -2.13. The van der Waals surface area contributed by atoms with E-state index in [9.17, 15) is 0 Å². The van der Waals surface area contributed by atoms with E-state index in [2.05, 4.69) is 6.07 Å². The van der Waals surface area contributed by atoms with Gasteiger partial charge in [0.05, 0.1) is 0 Å². The highest BCUT2D eigenvalue weighted by molar-refractivity contribution is 5.54. The number of nitrogen functional groups attached to an aromatic ring is 1. The average molecular weight is 190 g/mol. The van der Waals surface area contributed by atoms with Crippen LogP contribution in [0.5, 0.6) is 0 Å². The lowest BCUT2D eigenvalue weighted by molar-refractivity contribution is 0.598. The Balaban J connectivity index is 2.16. The molecule has 1 saturated carbocycles. The quantitative estimate of drug-likeness (QED) is 0.719. The molecule has 76 valence electrons. The molecule has 2 nitrogen and oxygen atoms in total. The van der Waals surface area contributed by atoms with Crippen molar-refractivity contribution in [3.63, 3.8) is 0 Å². The fraction of sp³-hybridized carbons (Fsp3) is 0.500. The van der Waals surface area contributed by atoms with Crippen LogP contribution in [-0.4, -0.2) is 0 Å². The predicted octanol–water partition coefficient (Wildman–Crippen LogP) is 2.38. The zero-order chi connectivity index (χ0) is 10.1. The van der Waals surface area contributed by atoms with E-state index < -0.39 is 0 Å². The van der Waals surface area contributed by atoms with Gasteiger partial charge in [0, 0.05) is 11.7 Å². The zero-order valence-electron chi connectivity index (χ0n) is 8.66. The van der Waals surface area contributed by atoms with E-state index in [0.717, 1.165) is 29.2 Å². The third-order valence-electron chi connectivity index (χ3n) is 3.04. The van der Waals surface area contributed by atoms with E-state index in [1.807, 2.05) is 19.1 Å². The summed E-state index contributed by atoms with van der Waals surface area (Å²) < 4.78 is 0. The zero-order valence-corrected chi connectivity index (χ0v) is 8.66. The van der Waals surface area contributed by atoms with E-state index >= 15 is 0 Å². The average Bonchev–Trinajstić information content (AvgIpc) is 2.93. The molecule has 1 aliphatic rings. The number of nitrogens with two attached hydrogens (primary N) is 2. The van der Waals surface area contributed by atoms with Crippen molar-refractivity contribution in [2.24, 2.45) is 11.7 Å². The summed E-state index contributed by atoms with van der Waals surface area (Å²) in [6.45, 7) is 2.03. The summed E-state index contributed by atoms with van der Waals surface area (Å²) in [5.41, 5.74) is 15.3. The largest absolute Gasteiger partial charge is 0.398 e. The molecule has 0 bridgehead atoms. The number of aryl methyl sites for hydroxylation is 1. The Kier molecular flexibility index (Phi) is 2.46. The molecule has 1 atom stereocenters. The van der Waals surface area contributed by atoms with Crippen LogP contribution in [-0.2, 0) is 0 Å². The van der Waals surface area contributed by atoms with Gasteiger partial charge >= 0.3 is 0 Å². The first-order valence-electron chi connectivity index (χ1n) is 5.29. The van der Waals surface area contributed by atoms with Crippen molar-refractivity contribution in [3.8, 4) is 0 Å². The van der Waals surface area contributed by atoms with Gasteiger partial charge in [0.25, 0.3) is 0 Å². The van der Waals surface area contributed by atoms with Gasteiger partial charge in [-0.3, -0.25) is 0 Å². The molecule has 0 aliphatic heterocycles. The maximum absolute atomic E-state index is 6.13. The summed E-state index contributed by atoms with van der Waals surface area (Å²) in [6, 6.07) is 6.24. The topological polar surface area (TPSA) is 52.0 Å². The van der Waals surface area contributed by atoms with E-state index in [-0.39, 0.29) is 6.04 Å². The molecule has 1 aromatic carbocycles. The Morgan fingerprint density at radius 2 is 2.14 bits per heavy atom. The number of para-hydroxylation sites is 1. The molecule has 4 N–H and O–H groups in total. The third-order valence-corrected chi connectivity index (χ3v) is 3.04. The number of hydrogen-bond donors (Lipinski definition) is 2. The normalized spacial score (nSPS) is 18.1. The van der Waals surface area contributed by atoms with Crippen LogP contribution in [0.3, 0.4) is 0 Å². The number of hydrogen-bond acceptors (Lipinski definition) is 2. The third kappa shape index (κ3) is 1.90. The second kappa shape index (κ2) is 3.62. The van der Waals surface area contributed by atoms with E-state index in [1.54, 1.807) is 0 Å². The van der Waals surface area contributed by atoms with Crippen LogP contribution in [0.4, 0.5) is 5.69 Å². The van der Waals surface area contributed by atoms with Crippen LogP contribution in [0.25, 0.3) is 0 Å². The molecule has 2 heteroatoms. The van der Waals surface area contributed by atoms with Gasteiger partial charge < -0.3 is 11.5 Å². The first-order valence-corrected chi connectivity index (χ1v) is 5.29. The molecule has 2 rings (SSSR count). The minimum atomic E-state index is 0.127. The van der Waals surface area contributed by atoms with Crippen LogP contribution in [0.2, 0.25) is 0 Å². The van der Waals surface area contributed by atoms with Gasteiger partial charge in [-0.05, 0) is 30.4 Å². The van der Waals surface area contributed by atoms with Crippen molar-refractivity contribution in [2.75, 3.05) is 5.73 Å². The predicted molar refractivity (Wildman–Crippen MR) is 59.9 cm³/mol. The van der Waals surface area contributed by atoms with Crippen molar-refractivity contribution in [3.05, 3.63) is 29.3 Å². The van der Waals surface area contributed by atoms with Crippen molar-refractivity contribution < 1.29 is 0 Å². The lowest BCUT2D eigenvalue weighted by atomic mass is 9.98. The summed E-state index contributed by atoms with van der Waals surface area (Å²) in [6.07, 6.45) is 3.78. The van der Waals surface area contributed by atoms with Crippen molar-refractivity contribution in [2.45, 2.75) is 32.2 Å². The first-order chi connectivity index (χ1) is 6.68.